The fraction of sp³-hybridized carbons (Fsp3) is 0.125. The minimum atomic E-state index is -0.523. The van der Waals surface area contributed by atoms with E-state index in [9.17, 15) is 4.39 Å². The molecule has 0 aliphatic heterocycles. The molecule has 5 heteroatoms. The second kappa shape index (κ2) is 3.08. The maximum atomic E-state index is 13.4. The van der Waals surface area contributed by atoms with Crippen molar-refractivity contribution in [3.05, 3.63) is 34.4 Å². The van der Waals surface area contributed by atoms with Crippen LogP contribution in [0.3, 0.4) is 0 Å². The van der Waals surface area contributed by atoms with Crippen molar-refractivity contribution in [2.75, 3.05) is 0 Å². The molecule has 0 aliphatic carbocycles. The summed E-state index contributed by atoms with van der Waals surface area (Å²) in [6, 6.07) is 5.14. The monoisotopic (exact) mass is 244 g/mol. The van der Waals surface area contributed by atoms with Gasteiger partial charge in [0, 0.05) is 0 Å². The summed E-state index contributed by atoms with van der Waals surface area (Å²) >= 11 is 3.19. The summed E-state index contributed by atoms with van der Waals surface area (Å²) in [5, 5.41) is 8.78. The molecular weight excluding hydrogens is 239 g/mol. The molecule has 1 N–H and O–H groups in total. The van der Waals surface area contributed by atoms with Crippen LogP contribution in [0.4, 0.5) is 4.39 Å². The van der Waals surface area contributed by atoms with Gasteiger partial charge in [-0.2, -0.15) is 4.39 Å². The van der Waals surface area contributed by atoms with Gasteiger partial charge in [-0.25, -0.2) is 4.98 Å². The van der Waals surface area contributed by atoms with Crippen molar-refractivity contribution in [3.8, 4) is 0 Å². The number of pyridine rings is 1. The highest BCUT2D eigenvalue weighted by molar-refractivity contribution is 9.10. The first-order valence-corrected chi connectivity index (χ1v) is 4.45. The van der Waals surface area contributed by atoms with E-state index in [0.29, 0.717) is 10.3 Å². The van der Waals surface area contributed by atoms with E-state index >= 15 is 0 Å². The summed E-state index contributed by atoms with van der Waals surface area (Å²) < 4.78 is 15.3. The molecule has 0 aliphatic rings. The standard InChI is InChI=1S/C8H6BrFN2O/c9-6-2-1-3-7-11-5(4-13)8(10)12(6)7/h1-3,13H,4H2. The third kappa shape index (κ3) is 1.24. The molecule has 0 spiro atoms. The summed E-state index contributed by atoms with van der Waals surface area (Å²) in [6.07, 6.45) is 0. The van der Waals surface area contributed by atoms with Gasteiger partial charge in [0.1, 0.15) is 11.3 Å². The number of halogens is 2. The molecule has 13 heavy (non-hydrogen) atoms. The molecule has 2 heterocycles. The molecular formula is C8H6BrFN2O. The van der Waals surface area contributed by atoms with Crippen molar-refractivity contribution in [2.24, 2.45) is 0 Å². The fourth-order valence-corrected chi connectivity index (χ4v) is 1.66. The SMILES string of the molecule is OCc1nc2cccc(Br)n2c1F. The van der Waals surface area contributed by atoms with Gasteiger partial charge in [-0.15, -0.1) is 0 Å². The van der Waals surface area contributed by atoms with Crippen LogP contribution < -0.4 is 0 Å². The lowest BCUT2D eigenvalue weighted by Crippen LogP contribution is -1.92. The molecule has 0 aromatic carbocycles. The van der Waals surface area contributed by atoms with E-state index in [1.165, 1.54) is 4.40 Å². The zero-order valence-electron chi connectivity index (χ0n) is 6.54. The number of rotatable bonds is 1. The van der Waals surface area contributed by atoms with E-state index < -0.39 is 5.95 Å². The normalized spacial score (nSPS) is 11.0. The van der Waals surface area contributed by atoms with E-state index in [2.05, 4.69) is 20.9 Å². The Labute approximate surface area is 82.0 Å². The molecule has 0 radical (unpaired) electrons. The Bertz CT molecular complexity index is 455. The van der Waals surface area contributed by atoms with Crippen molar-refractivity contribution in [1.29, 1.82) is 0 Å². The summed E-state index contributed by atoms with van der Waals surface area (Å²) in [5.74, 6) is -0.523. The number of imidazole rings is 1. The number of hydrogen-bond donors (Lipinski definition) is 1. The first-order chi connectivity index (χ1) is 6.24. The van der Waals surface area contributed by atoms with E-state index in [4.69, 9.17) is 5.11 Å². The van der Waals surface area contributed by atoms with Gasteiger partial charge < -0.3 is 5.11 Å². The third-order valence-corrected chi connectivity index (χ3v) is 2.37. The Kier molecular flexibility index (Phi) is 2.05. The quantitative estimate of drug-likeness (QED) is 0.777. The maximum absolute atomic E-state index is 13.4. The van der Waals surface area contributed by atoms with E-state index in [1.54, 1.807) is 18.2 Å². The Morgan fingerprint density at radius 1 is 1.54 bits per heavy atom. The van der Waals surface area contributed by atoms with Crippen molar-refractivity contribution >= 4 is 21.6 Å². The van der Waals surface area contributed by atoms with Crippen LogP contribution >= 0.6 is 15.9 Å². The molecule has 0 atom stereocenters. The molecule has 2 aromatic rings. The minimum Gasteiger partial charge on any atom is -0.390 e. The highest BCUT2D eigenvalue weighted by atomic mass is 79.9. The summed E-state index contributed by atoms with van der Waals surface area (Å²) in [7, 11) is 0. The second-order valence-corrected chi connectivity index (χ2v) is 3.36. The predicted octanol–water partition coefficient (Wildman–Crippen LogP) is 1.73. The summed E-state index contributed by atoms with van der Waals surface area (Å²) in [5.41, 5.74) is 0.544. The number of fused-ring (bicyclic) bond motifs is 1. The van der Waals surface area contributed by atoms with Crippen LogP contribution in [0.5, 0.6) is 0 Å². The Morgan fingerprint density at radius 2 is 2.31 bits per heavy atom. The largest absolute Gasteiger partial charge is 0.390 e. The van der Waals surface area contributed by atoms with E-state index in [0.717, 1.165) is 0 Å². The van der Waals surface area contributed by atoms with Gasteiger partial charge >= 0.3 is 0 Å². The number of aromatic nitrogens is 2. The lowest BCUT2D eigenvalue weighted by Gasteiger charge is -1.96. The van der Waals surface area contributed by atoms with Crippen molar-refractivity contribution in [3.63, 3.8) is 0 Å². The number of hydrogen-bond acceptors (Lipinski definition) is 2. The Morgan fingerprint density at radius 3 is 2.92 bits per heavy atom. The van der Waals surface area contributed by atoms with E-state index in [-0.39, 0.29) is 12.3 Å². The van der Waals surface area contributed by atoms with Crippen LogP contribution in [0.25, 0.3) is 5.65 Å². The van der Waals surface area contributed by atoms with Crippen molar-refractivity contribution in [2.45, 2.75) is 6.61 Å². The fourth-order valence-electron chi connectivity index (χ4n) is 1.17. The average Bonchev–Trinajstić information content (AvgIpc) is 2.44. The van der Waals surface area contributed by atoms with Crippen LogP contribution in [0.15, 0.2) is 22.8 Å². The highest BCUT2D eigenvalue weighted by Gasteiger charge is 2.11. The molecule has 0 bridgehead atoms. The van der Waals surface area contributed by atoms with Gasteiger partial charge in [0.2, 0.25) is 5.95 Å². The van der Waals surface area contributed by atoms with Crippen molar-refractivity contribution < 1.29 is 9.50 Å². The van der Waals surface area contributed by atoms with Gasteiger partial charge in [0.15, 0.2) is 0 Å². The van der Waals surface area contributed by atoms with Gasteiger partial charge in [-0.05, 0) is 28.1 Å². The number of aliphatic hydroxyl groups excluding tert-OH is 1. The van der Waals surface area contributed by atoms with Crippen LogP contribution in [0.2, 0.25) is 0 Å². The van der Waals surface area contributed by atoms with Crippen LogP contribution in [-0.4, -0.2) is 14.5 Å². The van der Waals surface area contributed by atoms with Gasteiger partial charge in [-0.1, -0.05) is 6.07 Å². The molecule has 68 valence electrons. The minimum absolute atomic E-state index is 0.0619. The zero-order chi connectivity index (χ0) is 9.42. The molecule has 2 rings (SSSR count). The highest BCUT2D eigenvalue weighted by Crippen LogP contribution is 2.17. The average molecular weight is 245 g/mol. The molecule has 0 unspecified atom stereocenters. The summed E-state index contributed by atoms with van der Waals surface area (Å²) in [6.45, 7) is -0.389. The van der Waals surface area contributed by atoms with Gasteiger partial charge in [0.05, 0.1) is 11.2 Å². The lowest BCUT2D eigenvalue weighted by molar-refractivity contribution is 0.270. The molecule has 2 aromatic heterocycles. The molecule has 0 fully saturated rings. The topological polar surface area (TPSA) is 37.5 Å². The summed E-state index contributed by atoms with van der Waals surface area (Å²) in [4.78, 5) is 3.90. The molecule has 3 nitrogen and oxygen atoms in total. The molecule has 0 saturated carbocycles. The first-order valence-electron chi connectivity index (χ1n) is 3.66. The molecule has 0 saturated heterocycles. The van der Waals surface area contributed by atoms with Crippen LogP contribution in [0, 0.1) is 5.95 Å². The molecule has 0 amide bonds. The Balaban J connectivity index is 2.85. The first kappa shape index (κ1) is 8.65. The number of nitrogens with zero attached hydrogens (tertiary/aromatic N) is 2. The second-order valence-electron chi connectivity index (χ2n) is 2.55. The van der Waals surface area contributed by atoms with Crippen LogP contribution in [0.1, 0.15) is 5.69 Å². The van der Waals surface area contributed by atoms with Crippen molar-refractivity contribution in [1.82, 2.24) is 9.38 Å². The zero-order valence-corrected chi connectivity index (χ0v) is 8.12. The predicted molar refractivity (Wildman–Crippen MR) is 48.8 cm³/mol. The maximum Gasteiger partial charge on any atom is 0.224 e. The van der Waals surface area contributed by atoms with E-state index in [1.807, 2.05) is 0 Å². The Hall–Kier alpha value is -0.940. The number of aliphatic hydroxyl groups is 1. The third-order valence-electron chi connectivity index (χ3n) is 1.76. The smallest absolute Gasteiger partial charge is 0.224 e. The van der Waals surface area contributed by atoms with Gasteiger partial charge in [-0.3, -0.25) is 4.40 Å². The lowest BCUT2D eigenvalue weighted by atomic mass is 10.5. The van der Waals surface area contributed by atoms with Crippen LogP contribution in [-0.2, 0) is 6.61 Å². The van der Waals surface area contributed by atoms with Gasteiger partial charge in [0.25, 0.3) is 0 Å².